The van der Waals surface area contributed by atoms with Gasteiger partial charge in [0.25, 0.3) is 0 Å². The lowest BCUT2D eigenvalue weighted by atomic mass is 9.79. The first-order valence-electron chi connectivity index (χ1n) is 30.8. The Kier molecular flexibility index (Phi) is 13.8. The van der Waals surface area contributed by atoms with Crippen molar-refractivity contribution in [3.05, 3.63) is 24.3 Å². The highest BCUT2D eigenvalue weighted by Crippen LogP contribution is 2.58. The van der Waals surface area contributed by atoms with E-state index < -0.39 is 72.8 Å². The van der Waals surface area contributed by atoms with Gasteiger partial charge in [0.05, 0.1) is 129 Å². The molecule has 3 spiro atoms. The molecule has 0 radical (unpaired) electrons. The molecular weight excluding hydrogens is 1020 g/mol. The van der Waals surface area contributed by atoms with Gasteiger partial charge in [0, 0.05) is 70.1 Å². The van der Waals surface area contributed by atoms with Crippen LogP contribution in [0.2, 0.25) is 0 Å². The maximum atomic E-state index is 14.6. The first-order chi connectivity index (χ1) is 38.0. The van der Waals surface area contributed by atoms with E-state index in [1.54, 1.807) is 0 Å². The van der Waals surface area contributed by atoms with Crippen LogP contribution in [0.4, 0.5) is 0 Å². The van der Waals surface area contributed by atoms with E-state index in [9.17, 15) is 20.1 Å². The molecule has 0 aromatic rings. The quantitative estimate of drug-likeness (QED) is 0.251. The van der Waals surface area contributed by atoms with Crippen LogP contribution >= 0.6 is 0 Å². The minimum absolute atomic E-state index is 0.0143. The van der Waals surface area contributed by atoms with Crippen molar-refractivity contribution in [2.75, 3.05) is 6.61 Å². The Morgan fingerprint density at radius 1 is 0.506 bits per heavy atom. The number of hydrogen-bond acceptors (Lipinski definition) is 19. The van der Waals surface area contributed by atoms with Crippen molar-refractivity contribution in [1.82, 2.24) is 0 Å². The van der Waals surface area contributed by atoms with E-state index in [1.165, 1.54) is 0 Å². The van der Waals surface area contributed by atoms with Crippen molar-refractivity contribution in [3.8, 4) is 0 Å². The smallest absolute Gasteiger partial charge is 0.308 e. The molecular formula is C60H86O19. The molecule has 0 aliphatic carbocycles. The molecule has 32 atom stereocenters. The van der Waals surface area contributed by atoms with Crippen LogP contribution in [0.1, 0.15) is 143 Å². The van der Waals surface area contributed by atoms with Crippen molar-refractivity contribution in [2.45, 2.75) is 313 Å². The molecule has 16 rings (SSSR count). The Hall–Kier alpha value is -1.73. The highest BCUT2D eigenvalue weighted by atomic mass is 16.8. The van der Waals surface area contributed by atoms with Gasteiger partial charge in [0.2, 0.25) is 0 Å². The predicted molar refractivity (Wildman–Crippen MR) is 274 cm³/mol. The topological polar surface area (TPSA) is 216 Å². The largest absolute Gasteiger partial charge is 0.459 e. The third kappa shape index (κ3) is 9.43. The van der Waals surface area contributed by atoms with Gasteiger partial charge in [-0.15, -0.1) is 0 Å². The lowest BCUT2D eigenvalue weighted by Crippen LogP contribution is -2.62. The summed E-state index contributed by atoms with van der Waals surface area (Å²) >= 11 is 0. The summed E-state index contributed by atoms with van der Waals surface area (Å²) in [7, 11) is 0. The normalized spacial score (nSPS) is 57.2. The summed E-state index contributed by atoms with van der Waals surface area (Å²) in [4.78, 5) is 14.6. The molecule has 16 saturated heterocycles. The van der Waals surface area contributed by atoms with E-state index in [0.29, 0.717) is 64.2 Å². The van der Waals surface area contributed by atoms with Crippen LogP contribution in [0.3, 0.4) is 0 Å². The number of carbonyl (C=O) groups is 1. The molecule has 16 aliphatic rings. The van der Waals surface area contributed by atoms with E-state index in [0.717, 1.165) is 49.7 Å². The maximum absolute atomic E-state index is 14.6. The average molecular weight is 1110 g/mol. The first kappa shape index (κ1) is 54.0. The molecule has 12 bridgehead atoms. The first-order valence-corrected chi connectivity index (χ1v) is 30.8. The predicted octanol–water partition coefficient (Wildman–Crippen LogP) is 4.93. The van der Waals surface area contributed by atoms with Crippen LogP contribution in [0.15, 0.2) is 24.3 Å². The molecule has 0 amide bonds. The van der Waals surface area contributed by atoms with Gasteiger partial charge < -0.3 is 86.4 Å². The van der Waals surface area contributed by atoms with Crippen LogP contribution in [-0.2, 0) is 75.8 Å². The number of rotatable bonds is 4. The summed E-state index contributed by atoms with van der Waals surface area (Å²) in [5.41, 5.74) is 2.15. The van der Waals surface area contributed by atoms with Gasteiger partial charge in [0.15, 0.2) is 17.4 Å². The number of aliphatic hydroxyl groups excluding tert-OH is 3. The van der Waals surface area contributed by atoms with E-state index in [2.05, 4.69) is 40.9 Å². The third-order valence-electron chi connectivity index (χ3n) is 21.9. The van der Waals surface area contributed by atoms with Crippen LogP contribution in [0.5, 0.6) is 0 Å². The summed E-state index contributed by atoms with van der Waals surface area (Å²) in [6, 6.07) is 0. The third-order valence-corrected chi connectivity index (χ3v) is 21.9. The van der Waals surface area contributed by atoms with E-state index in [1.807, 2.05) is 0 Å². The molecule has 79 heavy (non-hydrogen) atoms. The molecule has 440 valence electrons. The molecule has 0 saturated carbocycles. The van der Waals surface area contributed by atoms with Gasteiger partial charge in [-0.2, -0.15) is 0 Å². The van der Waals surface area contributed by atoms with Crippen LogP contribution in [0.25, 0.3) is 0 Å². The number of carbonyl (C=O) groups excluding carboxylic acids is 1. The second kappa shape index (κ2) is 20.2. The molecule has 16 heterocycles. The minimum Gasteiger partial charge on any atom is -0.459 e. The van der Waals surface area contributed by atoms with Gasteiger partial charge >= 0.3 is 5.97 Å². The van der Waals surface area contributed by atoms with Crippen molar-refractivity contribution in [3.63, 3.8) is 0 Å². The lowest BCUT2D eigenvalue weighted by molar-refractivity contribution is -0.347. The number of esters is 1. The lowest BCUT2D eigenvalue weighted by Gasteiger charge is -2.50. The standard InChI is InChI=1S/C60H86O19/c1-26-13-33-7-9-37-27(2)14-35(65-37)11-12-58-23-46-54(78-58)55-56(72-46)57(79-58)53-38(69-55)10-8-34(67-53)16-48(64)73-52-31(6)51-43(68-42(52)17-39(66-33)30(26)5)19-41-45(71-51)22-60(74-41)24-47-50(77-60)29(4)21-59(76-47)20-28(3)49-44(75-59)18-40(70-49)36(63)15-32(62)25-61/h26,28-29,31-47,49-57,61-63H,2,5,7-25H2,1,3-4,6H3/t26-,28+,29+,31+,32-,33+,34?,35+,36+,37?,38+,39?,40+,41?,42+,43+,44+,45-,46-,47+,49+,50+,51+,52-,53+,54-,55?,56-,57+,58+,59-,60-/m1/s1. The molecule has 16 fully saturated rings. The van der Waals surface area contributed by atoms with Crippen molar-refractivity contribution in [2.24, 2.45) is 23.7 Å². The Morgan fingerprint density at radius 2 is 1.18 bits per heavy atom. The van der Waals surface area contributed by atoms with E-state index >= 15 is 0 Å². The summed E-state index contributed by atoms with van der Waals surface area (Å²) in [5.74, 6) is -2.77. The maximum Gasteiger partial charge on any atom is 0.308 e. The van der Waals surface area contributed by atoms with Crippen LogP contribution in [0, 0.1) is 23.7 Å². The zero-order chi connectivity index (χ0) is 54.0. The highest BCUT2D eigenvalue weighted by molar-refractivity contribution is 5.70. The Morgan fingerprint density at radius 3 is 2.03 bits per heavy atom. The molecule has 0 aromatic heterocycles. The Balaban J connectivity index is 0.655. The van der Waals surface area contributed by atoms with Crippen LogP contribution in [-0.4, -0.2) is 198 Å². The molecule has 19 heteroatoms. The molecule has 0 aromatic carbocycles. The second-order valence-corrected chi connectivity index (χ2v) is 27.5. The fourth-order valence-electron chi connectivity index (χ4n) is 18.2. The van der Waals surface area contributed by atoms with E-state index in [4.69, 9.17) is 71.1 Å². The molecule has 3 N–H and O–H groups in total. The van der Waals surface area contributed by atoms with Gasteiger partial charge in [-0.3, -0.25) is 4.79 Å². The number of ether oxygens (including phenoxy) is 15. The monoisotopic (exact) mass is 1110 g/mol. The summed E-state index contributed by atoms with van der Waals surface area (Å²) in [5, 5.41) is 30.3. The number of hydrogen-bond donors (Lipinski definition) is 3. The summed E-state index contributed by atoms with van der Waals surface area (Å²) in [6.45, 7) is 17.4. The molecule has 19 nitrogen and oxygen atoms in total. The van der Waals surface area contributed by atoms with E-state index in [-0.39, 0.29) is 146 Å². The number of aliphatic hydroxyl groups is 3. The average Bonchev–Trinajstić information content (AvgIpc) is 4.46. The summed E-state index contributed by atoms with van der Waals surface area (Å²) in [6.07, 6.45) is 2.17. The van der Waals surface area contributed by atoms with Gasteiger partial charge in [-0.05, 0) is 73.8 Å². The zero-order valence-corrected chi connectivity index (χ0v) is 46.5. The van der Waals surface area contributed by atoms with Gasteiger partial charge in [-0.25, -0.2) is 0 Å². The zero-order valence-electron chi connectivity index (χ0n) is 46.5. The summed E-state index contributed by atoms with van der Waals surface area (Å²) < 4.78 is 104. The Bertz CT molecular complexity index is 2340. The van der Waals surface area contributed by atoms with Gasteiger partial charge in [-0.1, -0.05) is 40.9 Å². The van der Waals surface area contributed by atoms with Crippen molar-refractivity contribution >= 4 is 5.97 Å². The molecule has 5 unspecified atom stereocenters. The van der Waals surface area contributed by atoms with Gasteiger partial charge in [0.1, 0.15) is 36.6 Å². The molecule has 16 aliphatic heterocycles. The second-order valence-electron chi connectivity index (χ2n) is 27.5. The minimum atomic E-state index is -1.02. The fourth-order valence-corrected chi connectivity index (χ4v) is 18.2. The number of fused-ring (bicyclic) bond motifs is 10. The highest BCUT2D eigenvalue weighted by Gasteiger charge is 2.70. The Labute approximate surface area is 463 Å². The van der Waals surface area contributed by atoms with Crippen molar-refractivity contribution in [1.29, 1.82) is 0 Å². The van der Waals surface area contributed by atoms with Crippen molar-refractivity contribution < 1.29 is 91.2 Å². The fraction of sp³-hybridized carbons (Fsp3) is 0.917. The SMILES string of the molecule is C=C1C[C@@H]2CC[C@@]34C[C@H]5O[C@@H]6C(O[C@H]7CCC(CC(=O)O[C@@H]8[C@@H](C)[C@@H]9O[C@@H]%10C[C@@]%11(C[C@@H]%12O[C@]%13(C[C@H](C)[C@@H]%14O[C@H]([C@@H](O)C[C@@H](O)CO)C[C@@H]%14O%13)C[C@H](C)[C@@H]%12O%11)OC%10C[C@@H]9O[C@H]8CC8O[C@@H](CCC1O2)C[C@@H](C)C8=C)O[C@@H]7[C@@H]6O3)[C@@H]5O4. The van der Waals surface area contributed by atoms with Crippen LogP contribution < -0.4 is 0 Å².